The lowest BCUT2D eigenvalue weighted by Gasteiger charge is -2.48. The van der Waals surface area contributed by atoms with Crippen LogP contribution >= 0.6 is 23.5 Å². The first-order valence-electron chi connectivity index (χ1n) is 29.3. The Labute approximate surface area is 493 Å². The van der Waals surface area contributed by atoms with E-state index in [2.05, 4.69) is 120 Å². The van der Waals surface area contributed by atoms with Gasteiger partial charge in [0, 0.05) is 85.8 Å². The first-order valence-corrected chi connectivity index (χ1v) is 33.8. The van der Waals surface area contributed by atoms with Crippen LogP contribution in [0.5, 0.6) is 0 Å². The van der Waals surface area contributed by atoms with Gasteiger partial charge in [0.2, 0.25) is 11.3 Å². The molecule has 7 N–H and O–H groups in total. The number of rotatable bonds is 23. The van der Waals surface area contributed by atoms with Crippen LogP contribution < -0.4 is 35.6 Å². The minimum Gasteiger partial charge on any atom is -0.756 e. The molecule has 2 amide bonds. The van der Waals surface area contributed by atoms with Crippen molar-refractivity contribution in [3.63, 3.8) is 0 Å². The molecule has 5 aromatic rings. The number of imidazole rings is 1. The zero-order chi connectivity index (χ0) is 61.0. The summed E-state index contributed by atoms with van der Waals surface area (Å²) in [6.07, 6.45) is 5.65. The minimum absolute atomic E-state index is 0.0115. The van der Waals surface area contributed by atoms with Crippen LogP contribution in [-0.2, 0) is 54.6 Å². The fourth-order valence-corrected chi connectivity index (χ4v) is 16.7. The smallest absolute Gasteiger partial charge is 0.487 e. The lowest BCUT2D eigenvalue weighted by molar-refractivity contribution is -0.212. The molecule has 27 heteroatoms. The summed E-state index contributed by atoms with van der Waals surface area (Å²) in [6, 6.07) is 15.6. The monoisotopic (exact) mass is 1230 g/mol. The highest BCUT2D eigenvalue weighted by molar-refractivity contribution is 7.66. The van der Waals surface area contributed by atoms with E-state index in [0.717, 1.165) is 88.6 Å². The first-order chi connectivity index (χ1) is 40.2. The van der Waals surface area contributed by atoms with Gasteiger partial charge in [0.15, 0.2) is 23.2 Å². The second kappa shape index (κ2) is 24.7. The molecule has 460 valence electrons. The van der Waals surface area contributed by atoms with Crippen LogP contribution in [0.3, 0.4) is 0 Å². The molecule has 24 nitrogen and oxygen atoms in total. The van der Waals surface area contributed by atoms with Gasteiger partial charge in [0.1, 0.15) is 37.7 Å². The maximum atomic E-state index is 14.8. The van der Waals surface area contributed by atoms with Gasteiger partial charge in [-0.1, -0.05) is 51.8 Å². The van der Waals surface area contributed by atoms with Crippen molar-refractivity contribution >= 4 is 63.5 Å². The molecule has 4 aliphatic heterocycles. The molecule has 0 spiro atoms. The summed E-state index contributed by atoms with van der Waals surface area (Å²) in [6.45, 7) is 17.7. The predicted octanol–water partition coefficient (Wildman–Crippen LogP) is 5.18. The van der Waals surface area contributed by atoms with Crippen LogP contribution in [0.15, 0.2) is 55.1 Å². The number of aromatic nitrogens is 4. The molecule has 4 unspecified atom stereocenters. The van der Waals surface area contributed by atoms with E-state index in [4.69, 9.17) is 9.63 Å². The highest BCUT2D eigenvalue weighted by Crippen LogP contribution is 2.65. The molecule has 1 saturated heterocycles. The molecule has 8 atom stereocenters. The Kier molecular flexibility index (Phi) is 18.2. The number of phosphoric acid groups is 3. The molecule has 10 rings (SSSR count). The number of unbranched alkanes of at least 4 members (excludes halogenated alkanes) is 3. The number of carbonyl (C=O) groups excluding carboxylic acids is 2. The number of hydrogen-bond acceptors (Lipinski definition) is 17. The molecular formula is C58H78N9O15P3. The lowest BCUT2D eigenvalue weighted by Crippen LogP contribution is -2.50. The lowest BCUT2D eigenvalue weighted by atomic mass is 9.64. The highest BCUT2D eigenvalue weighted by atomic mass is 31.3. The summed E-state index contributed by atoms with van der Waals surface area (Å²) in [4.78, 5) is 83.8. The van der Waals surface area contributed by atoms with Crippen LogP contribution in [0.2, 0.25) is 0 Å². The first kappa shape index (κ1) is 62.8. The van der Waals surface area contributed by atoms with Gasteiger partial charge in [0.05, 0.1) is 12.9 Å². The molecule has 0 radical (unpaired) electrons. The van der Waals surface area contributed by atoms with Crippen LogP contribution in [0.25, 0.3) is 16.7 Å². The number of aliphatic hydroxyl groups excluding tert-OH is 2. The Balaban J connectivity index is 0.724. The number of fused-ring (bicyclic) bond motifs is 5. The number of aliphatic hydroxyl groups is 2. The number of nitrogens with one attached hydrogen (secondary N) is 2. The third-order valence-corrected chi connectivity index (χ3v) is 21.2. The van der Waals surface area contributed by atoms with E-state index in [0.29, 0.717) is 48.9 Å². The molecule has 3 aromatic carbocycles. The Morgan fingerprint density at radius 1 is 0.906 bits per heavy atom. The summed E-state index contributed by atoms with van der Waals surface area (Å²) >= 11 is 0. The van der Waals surface area contributed by atoms with E-state index < -0.39 is 54.6 Å². The number of benzene rings is 3. The van der Waals surface area contributed by atoms with Gasteiger partial charge in [-0.2, -0.15) is 4.31 Å². The summed E-state index contributed by atoms with van der Waals surface area (Å²) in [5, 5.41) is 30.4. The summed E-state index contributed by atoms with van der Waals surface area (Å²) < 4.78 is 56.1. The number of amides is 2. The van der Waals surface area contributed by atoms with Gasteiger partial charge in [-0.3, -0.25) is 23.2 Å². The van der Waals surface area contributed by atoms with Gasteiger partial charge in [-0.25, -0.2) is 33.0 Å². The molecule has 1 aliphatic carbocycles. The van der Waals surface area contributed by atoms with Gasteiger partial charge < -0.3 is 55.0 Å². The molecule has 6 heterocycles. The Morgan fingerprint density at radius 3 is 2.38 bits per heavy atom. The van der Waals surface area contributed by atoms with E-state index in [1.165, 1.54) is 66.9 Å². The van der Waals surface area contributed by atoms with E-state index in [1.54, 1.807) is 4.90 Å². The Hall–Kier alpha value is -5.29. The topological polar surface area (TPSA) is 324 Å². The molecule has 0 saturated carbocycles. The van der Waals surface area contributed by atoms with Gasteiger partial charge in [0.25, 0.3) is 13.7 Å². The van der Waals surface area contributed by atoms with Crippen molar-refractivity contribution in [3.8, 4) is 0 Å². The molecule has 1 fully saturated rings. The van der Waals surface area contributed by atoms with Crippen LogP contribution in [-0.4, -0.2) is 138 Å². The van der Waals surface area contributed by atoms with Crippen molar-refractivity contribution in [1.82, 2.24) is 34.3 Å². The second-order valence-electron chi connectivity index (χ2n) is 24.1. The average molecular weight is 1230 g/mol. The summed E-state index contributed by atoms with van der Waals surface area (Å²) in [5.41, 5.74) is 12.5. The van der Waals surface area contributed by atoms with Crippen molar-refractivity contribution in [1.29, 1.82) is 0 Å². The third kappa shape index (κ3) is 13.0. The Morgan fingerprint density at radius 2 is 1.64 bits per heavy atom. The second-order valence-corrected chi connectivity index (χ2v) is 28.5. The summed E-state index contributed by atoms with van der Waals surface area (Å²) in [7, 11) is -15.4. The molecule has 5 aliphatic rings. The maximum absolute atomic E-state index is 14.8. The van der Waals surface area contributed by atoms with E-state index in [-0.39, 0.29) is 34.8 Å². The van der Waals surface area contributed by atoms with Crippen molar-refractivity contribution in [2.45, 2.75) is 154 Å². The fourth-order valence-electron chi connectivity index (χ4n) is 13.7. The van der Waals surface area contributed by atoms with Crippen molar-refractivity contribution in [2.75, 3.05) is 63.1 Å². The minimum atomic E-state index is -5.86. The van der Waals surface area contributed by atoms with Crippen molar-refractivity contribution in [3.05, 3.63) is 110 Å². The third-order valence-electron chi connectivity index (χ3n) is 17.4. The predicted molar refractivity (Wildman–Crippen MR) is 315 cm³/mol. The van der Waals surface area contributed by atoms with Crippen LogP contribution in [0.1, 0.15) is 161 Å². The van der Waals surface area contributed by atoms with Crippen LogP contribution in [0.4, 0.5) is 11.5 Å². The van der Waals surface area contributed by atoms with Crippen LogP contribution in [0, 0.1) is 0 Å². The van der Waals surface area contributed by atoms with Gasteiger partial charge in [-0.05, 0) is 128 Å². The number of anilines is 2. The zero-order valence-corrected chi connectivity index (χ0v) is 51.8. The number of nitrogens with zero attached hydrogens (tertiary/aromatic N) is 7. The molecule has 85 heavy (non-hydrogen) atoms. The molecule has 2 aromatic heterocycles. The van der Waals surface area contributed by atoms with Crippen molar-refractivity contribution < 1.29 is 71.0 Å². The Bertz CT molecular complexity index is 3680. The number of hydrogen-bond donors (Lipinski definition) is 7. The molecular weight excluding hydrogens is 1160 g/mol. The maximum Gasteiger partial charge on any atom is 0.487 e. The SMILES string of the molecule is CCN1c2cc3c(cc2C(C)CC1(C)C)C(c1ccccc1C(=O)N(C)CCCC(=O)NCCCCCCNc1ncnc2c1ncn2[C@@H]1O[C@H](COP(=O)(O)OP(=O)(O)OP(=O)([O-])O)[C@@H](O)[C@H]1O)=c1cc2c4c(c1C3(C)C)CCC[N+]=4CCC2. The fraction of sp³-hybridized carbons (Fsp3) is 0.552. The number of carbonyl (C=O) groups is 2. The van der Waals surface area contributed by atoms with Gasteiger partial charge in [-0.15, -0.1) is 0 Å². The summed E-state index contributed by atoms with van der Waals surface area (Å²) in [5.74, 6) is 0.587. The highest BCUT2D eigenvalue weighted by Gasteiger charge is 2.48. The largest absolute Gasteiger partial charge is 0.756 e. The number of phosphoric ester groups is 1. The van der Waals surface area contributed by atoms with E-state index in [9.17, 15) is 48.2 Å². The standard InChI is InChI=1S/C58H78N9O15P3/c1-8-67-44-30-43-41(29-40(44)35(2)31-57(67,3)4)47(42-28-36-18-15-26-65-27-16-21-39(50(36)65)48(42)58(43,5)6)37-19-11-12-20-38(37)55(71)64(7)25-17-22-46(68)59-23-13-9-10-14-24-60-53-49-54(62-33-61-53)66(34-63-49)56-52(70)51(69)45(80-56)32-79-84(75,76)82-85(77,78)81-83(72,73)74/h11-12,19-20,28-30,33-35,45,51-52,56,69-70H,8-10,13-18,21-27,31-32H2,1-7H3,(H5-,59,60,61,62,68,72,73,74,75,76,77,78)/t35?,45-,51-,52-,56-/m1/s1. The molecule has 0 bridgehead atoms. The number of ether oxygens (including phenoxy) is 1. The normalized spacial score (nSPS) is 23.2. The zero-order valence-electron chi connectivity index (χ0n) is 49.1. The van der Waals surface area contributed by atoms with Gasteiger partial charge >= 0.3 is 15.6 Å². The van der Waals surface area contributed by atoms with E-state index >= 15 is 0 Å². The van der Waals surface area contributed by atoms with E-state index in [1.807, 2.05) is 19.2 Å². The van der Waals surface area contributed by atoms with Crippen molar-refractivity contribution in [2.24, 2.45) is 0 Å². The number of aryl methyl sites for hydroxylation is 1. The average Bonchev–Trinajstić information content (AvgIpc) is 1.37. The quantitative estimate of drug-likeness (QED) is 0.0252.